The topological polar surface area (TPSA) is 0 Å². The Morgan fingerprint density at radius 1 is 0.688 bits per heavy atom. The van der Waals surface area contributed by atoms with E-state index < -0.39 is 16.1 Å². The molecule has 1 aromatic rings. The van der Waals surface area contributed by atoms with E-state index in [1.54, 1.807) is 21.5 Å². The first kappa shape index (κ1) is 12.1. The fraction of sp³-hybridized carbons (Fsp3) is 0.571. The minimum Gasteiger partial charge on any atom is -0.0656 e. The molecular weight excluding hydrogens is 224 g/mol. The largest absolute Gasteiger partial charge is 0.0779 e. The van der Waals surface area contributed by atoms with E-state index in [2.05, 4.69) is 51.4 Å². The molecule has 0 aromatic heterocycles. The van der Waals surface area contributed by atoms with Gasteiger partial charge in [0.05, 0.1) is 16.1 Å². The summed E-state index contributed by atoms with van der Waals surface area (Å²) in [5.41, 5.74) is 3.47. The van der Waals surface area contributed by atoms with Gasteiger partial charge in [-0.15, -0.1) is 0 Å². The maximum atomic E-state index is 2.47. The maximum absolute atomic E-state index is 2.47. The van der Waals surface area contributed by atoms with Gasteiger partial charge in [0.2, 0.25) is 0 Å². The van der Waals surface area contributed by atoms with Crippen LogP contribution in [-0.4, -0.2) is 16.1 Å². The summed E-state index contributed by atoms with van der Waals surface area (Å²) in [6.45, 7) is 14.8. The van der Waals surface area contributed by atoms with E-state index in [0.29, 0.717) is 0 Å². The molecule has 1 aliphatic carbocycles. The normalized spacial score (nSPS) is 15.6. The van der Waals surface area contributed by atoms with Crippen LogP contribution in [0.3, 0.4) is 0 Å². The molecule has 1 aliphatic rings. The molecule has 1 aromatic carbocycles. The second kappa shape index (κ2) is 3.57. The van der Waals surface area contributed by atoms with E-state index >= 15 is 0 Å². The highest BCUT2D eigenvalue weighted by Gasteiger charge is 2.31. The van der Waals surface area contributed by atoms with Gasteiger partial charge < -0.3 is 0 Å². The van der Waals surface area contributed by atoms with Crippen molar-refractivity contribution in [2.24, 2.45) is 0 Å². The molecule has 2 heteroatoms. The summed E-state index contributed by atoms with van der Waals surface area (Å²) in [6.07, 6.45) is 2.68. The lowest BCUT2D eigenvalue weighted by molar-refractivity contribution is 0.853. The van der Waals surface area contributed by atoms with E-state index in [9.17, 15) is 0 Å². The third kappa shape index (κ3) is 1.93. The smallest absolute Gasteiger partial charge is 0.0656 e. The molecule has 0 spiro atoms. The van der Waals surface area contributed by atoms with E-state index in [1.165, 1.54) is 12.8 Å². The minimum atomic E-state index is -1.12. The van der Waals surface area contributed by atoms with E-state index in [1.807, 2.05) is 0 Å². The van der Waals surface area contributed by atoms with Gasteiger partial charge in [-0.1, -0.05) is 61.8 Å². The summed E-state index contributed by atoms with van der Waals surface area (Å²) >= 11 is 0. The molecule has 2 rings (SSSR count). The predicted molar refractivity (Wildman–Crippen MR) is 79.8 cm³/mol. The van der Waals surface area contributed by atoms with Crippen LogP contribution in [0.2, 0.25) is 39.3 Å². The van der Waals surface area contributed by atoms with Gasteiger partial charge in [-0.2, -0.15) is 0 Å². The second-order valence-corrected chi connectivity index (χ2v) is 17.2. The van der Waals surface area contributed by atoms with Crippen LogP contribution in [0.5, 0.6) is 0 Å². The SMILES string of the molecule is C[Si](C)(C)c1ccc([Si](C)(C)C)c2c1CC2. The van der Waals surface area contributed by atoms with Gasteiger partial charge >= 0.3 is 0 Å². The van der Waals surface area contributed by atoms with E-state index in [4.69, 9.17) is 0 Å². The van der Waals surface area contributed by atoms with Gasteiger partial charge in [0, 0.05) is 0 Å². The first-order valence-corrected chi connectivity index (χ1v) is 13.4. The van der Waals surface area contributed by atoms with Crippen molar-refractivity contribution in [1.82, 2.24) is 0 Å². The first-order valence-electron chi connectivity index (χ1n) is 6.37. The summed E-state index contributed by atoms with van der Waals surface area (Å²) in [7, 11) is -2.25. The quantitative estimate of drug-likeness (QED) is 0.706. The van der Waals surface area contributed by atoms with Crippen LogP contribution in [0.4, 0.5) is 0 Å². The van der Waals surface area contributed by atoms with Crippen molar-refractivity contribution in [3.8, 4) is 0 Å². The summed E-state index contributed by atoms with van der Waals surface area (Å²) in [6, 6.07) is 4.91. The number of hydrogen-bond acceptors (Lipinski definition) is 0. The molecule has 0 aliphatic heterocycles. The monoisotopic (exact) mass is 248 g/mol. The third-order valence-corrected chi connectivity index (χ3v) is 7.84. The van der Waals surface area contributed by atoms with Crippen molar-refractivity contribution in [3.63, 3.8) is 0 Å². The Morgan fingerprint density at radius 2 is 1.00 bits per heavy atom. The molecular formula is C14H24Si2. The molecule has 0 N–H and O–H groups in total. The van der Waals surface area contributed by atoms with Crippen molar-refractivity contribution in [2.75, 3.05) is 0 Å². The van der Waals surface area contributed by atoms with Crippen molar-refractivity contribution in [2.45, 2.75) is 52.1 Å². The van der Waals surface area contributed by atoms with Crippen LogP contribution in [0, 0.1) is 0 Å². The third-order valence-electron chi connectivity index (χ3n) is 3.67. The Balaban J connectivity index is 2.56. The van der Waals surface area contributed by atoms with Crippen LogP contribution in [0.1, 0.15) is 11.1 Å². The molecule has 0 saturated heterocycles. The summed E-state index contributed by atoms with van der Waals surface area (Å²) in [5.74, 6) is 0. The molecule has 0 unspecified atom stereocenters. The second-order valence-electron chi connectivity index (χ2n) is 7.12. The van der Waals surface area contributed by atoms with Crippen LogP contribution in [0.25, 0.3) is 0 Å². The predicted octanol–water partition coefficient (Wildman–Crippen LogP) is 2.88. The van der Waals surface area contributed by atoms with Crippen LogP contribution >= 0.6 is 0 Å². The maximum Gasteiger partial charge on any atom is 0.0779 e. The van der Waals surface area contributed by atoms with Gasteiger partial charge in [-0.05, 0) is 24.0 Å². The number of hydrogen-bond donors (Lipinski definition) is 0. The standard InChI is InChI=1S/C14H24Si2/c1-15(2,3)13-9-10-14(16(4,5)6)12-8-7-11(12)13/h9-10H,7-8H2,1-6H3. The van der Waals surface area contributed by atoms with Crippen LogP contribution in [-0.2, 0) is 12.8 Å². The summed E-state index contributed by atoms with van der Waals surface area (Å²) in [4.78, 5) is 0. The molecule has 0 bridgehead atoms. The van der Waals surface area contributed by atoms with Crippen molar-refractivity contribution < 1.29 is 0 Å². The van der Waals surface area contributed by atoms with Crippen molar-refractivity contribution in [1.29, 1.82) is 0 Å². The Hall–Kier alpha value is -0.346. The van der Waals surface area contributed by atoms with Gasteiger partial charge in [0.15, 0.2) is 0 Å². The lowest BCUT2D eigenvalue weighted by atomic mass is 9.88. The van der Waals surface area contributed by atoms with Gasteiger partial charge in [0.1, 0.15) is 0 Å². The lowest BCUT2D eigenvalue weighted by Crippen LogP contribution is -2.49. The van der Waals surface area contributed by atoms with Gasteiger partial charge in [0.25, 0.3) is 0 Å². The first-order chi connectivity index (χ1) is 7.21. The highest BCUT2D eigenvalue weighted by molar-refractivity contribution is 6.90. The number of benzene rings is 1. The van der Waals surface area contributed by atoms with Crippen LogP contribution < -0.4 is 10.4 Å². The molecule has 88 valence electrons. The average molecular weight is 249 g/mol. The molecule has 0 radical (unpaired) electrons. The minimum absolute atomic E-state index is 1.12. The Morgan fingerprint density at radius 3 is 1.19 bits per heavy atom. The zero-order valence-electron chi connectivity index (χ0n) is 11.6. The molecule has 0 fully saturated rings. The zero-order valence-corrected chi connectivity index (χ0v) is 13.6. The molecule has 0 nitrogen and oxygen atoms in total. The Labute approximate surface area is 102 Å². The Bertz CT molecular complexity index is 379. The molecule has 0 heterocycles. The summed E-state index contributed by atoms with van der Waals surface area (Å²) in [5, 5.41) is 3.44. The molecule has 0 amide bonds. The fourth-order valence-corrected chi connectivity index (χ4v) is 6.27. The highest BCUT2D eigenvalue weighted by Crippen LogP contribution is 2.24. The number of fused-ring (bicyclic) bond motifs is 1. The molecule has 0 saturated carbocycles. The highest BCUT2D eigenvalue weighted by atomic mass is 28.3. The van der Waals surface area contributed by atoms with Crippen LogP contribution in [0.15, 0.2) is 12.1 Å². The lowest BCUT2D eigenvalue weighted by Gasteiger charge is -2.34. The van der Waals surface area contributed by atoms with Gasteiger partial charge in [-0.3, -0.25) is 0 Å². The van der Waals surface area contributed by atoms with E-state index in [0.717, 1.165) is 0 Å². The molecule has 16 heavy (non-hydrogen) atoms. The Kier molecular flexibility index (Phi) is 2.71. The van der Waals surface area contributed by atoms with Crippen molar-refractivity contribution in [3.05, 3.63) is 23.3 Å². The molecule has 0 atom stereocenters. The average Bonchev–Trinajstić information content (AvgIpc) is 2.01. The summed E-state index contributed by atoms with van der Waals surface area (Å²) < 4.78 is 0. The number of rotatable bonds is 2. The van der Waals surface area contributed by atoms with E-state index in [-0.39, 0.29) is 0 Å². The zero-order chi connectivity index (χ0) is 12.1. The van der Waals surface area contributed by atoms with Crippen molar-refractivity contribution >= 4 is 26.5 Å². The van der Waals surface area contributed by atoms with Gasteiger partial charge in [-0.25, -0.2) is 0 Å². The fourth-order valence-electron chi connectivity index (χ4n) is 2.74.